The molecule has 8 nitrogen and oxygen atoms in total. The molecule has 0 radical (unpaired) electrons. The molecule has 2 aromatic heterocycles. The van der Waals surface area contributed by atoms with E-state index in [4.69, 9.17) is 0 Å². The number of nitrogens with zero attached hydrogens (tertiary/aromatic N) is 3. The molecular weight excluding hydrogens is 380 g/mol. The van der Waals surface area contributed by atoms with E-state index in [0.717, 1.165) is 37.0 Å². The Morgan fingerprint density at radius 3 is 2.68 bits per heavy atom. The van der Waals surface area contributed by atoms with Crippen molar-refractivity contribution in [3.05, 3.63) is 48.8 Å². The molecule has 28 heavy (non-hydrogen) atoms. The Morgan fingerprint density at radius 1 is 1.29 bits per heavy atom. The fraction of sp³-hybridized carbons (Fsp3) is 0.474. The summed E-state index contributed by atoms with van der Waals surface area (Å²) in [5.41, 5.74) is -0.981. The van der Waals surface area contributed by atoms with Gasteiger partial charge in [0.2, 0.25) is 11.8 Å². The van der Waals surface area contributed by atoms with Gasteiger partial charge in [0, 0.05) is 24.3 Å². The van der Waals surface area contributed by atoms with Gasteiger partial charge in [0.05, 0.1) is 11.8 Å². The predicted octanol–water partition coefficient (Wildman–Crippen LogP) is 2.51. The van der Waals surface area contributed by atoms with Gasteiger partial charge < -0.3 is 5.11 Å². The maximum atomic E-state index is 12.5. The van der Waals surface area contributed by atoms with Gasteiger partial charge in [-0.1, -0.05) is 25.3 Å². The molecule has 1 fully saturated rings. The summed E-state index contributed by atoms with van der Waals surface area (Å²) in [5, 5.41) is 18.5. The van der Waals surface area contributed by atoms with Crippen LogP contribution in [0.4, 0.5) is 0 Å². The second-order valence-electron chi connectivity index (χ2n) is 7.27. The Labute approximate surface area is 165 Å². The van der Waals surface area contributed by atoms with E-state index in [-0.39, 0.29) is 29.4 Å². The number of thiophene rings is 1. The largest absolute Gasteiger partial charge is 0.494 e. The summed E-state index contributed by atoms with van der Waals surface area (Å²) >= 11 is 1.50. The van der Waals surface area contributed by atoms with Crippen molar-refractivity contribution in [1.82, 2.24) is 14.6 Å². The summed E-state index contributed by atoms with van der Waals surface area (Å²) < 4.78 is 1.29. The van der Waals surface area contributed by atoms with E-state index in [2.05, 4.69) is 10.1 Å². The third-order valence-corrected chi connectivity index (χ3v) is 6.42. The van der Waals surface area contributed by atoms with Gasteiger partial charge in [-0.05, 0) is 24.3 Å². The molecule has 0 aromatic carbocycles. The summed E-state index contributed by atoms with van der Waals surface area (Å²) in [7, 11) is 0. The molecule has 1 saturated carbocycles. The lowest BCUT2D eigenvalue weighted by Crippen LogP contribution is -2.36. The maximum Gasteiger partial charge on any atom is 0.331 e. The first-order valence-electron chi connectivity index (χ1n) is 9.46. The van der Waals surface area contributed by atoms with Gasteiger partial charge in [-0.15, -0.1) is 11.3 Å². The van der Waals surface area contributed by atoms with Gasteiger partial charge in [0.25, 0.3) is 5.56 Å². The maximum absolute atomic E-state index is 12.5. The molecule has 148 valence electrons. The quantitative estimate of drug-likeness (QED) is 0.822. The highest BCUT2D eigenvalue weighted by Crippen LogP contribution is 2.36. The minimum atomic E-state index is -0.677. The van der Waals surface area contributed by atoms with E-state index in [1.165, 1.54) is 27.8 Å². The zero-order valence-electron chi connectivity index (χ0n) is 15.6. The predicted molar refractivity (Wildman–Crippen MR) is 106 cm³/mol. The number of carbonyl (C=O) groups excluding carboxylic acids is 1. The van der Waals surface area contributed by atoms with Crippen LogP contribution in [-0.2, 0) is 4.79 Å². The summed E-state index contributed by atoms with van der Waals surface area (Å²) in [4.78, 5) is 40.3. The van der Waals surface area contributed by atoms with Crippen LogP contribution in [0.3, 0.4) is 0 Å². The van der Waals surface area contributed by atoms with Gasteiger partial charge in [-0.3, -0.25) is 19.1 Å². The first kappa shape index (κ1) is 18.7. The summed E-state index contributed by atoms with van der Waals surface area (Å²) in [5.74, 6) is -0.598. The fourth-order valence-electron chi connectivity index (χ4n) is 4.13. The average Bonchev–Trinajstić information content (AvgIpc) is 3.32. The van der Waals surface area contributed by atoms with Crippen molar-refractivity contribution in [2.24, 2.45) is 5.10 Å². The number of hydrogen-bond donors (Lipinski definition) is 2. The highest BCUT2D eigenvalue weighted by atomic mass is 32.1. The number of rotatable bonds is 3. The SMILES string of the molecule is CC(=O)N1N=C(c2c(O)n(C3CCCCC3)c(=O)[nH]c2=O)CC1c1cccs1. The normalized spacial score (nSPS) is 20.4. The van der Waals surface area contributed by atoms with Crippen LogP contribution in [0.25, 0.3) is 0 Å². The molecular formula is C19H22N4O4S. The zero-order valence-corrected chi connectivity index (χ0v) is 16.4. The van der Waals surface area contributed by atoms with Gasteiger partial charge in [-0.25, -0.2) is 9.80 Å². The smallest absolute Gasteiger partial charge is 0.331 e. The van der Waals surface area contributed by atoms with Crippen molar-refractivity contribution in [3.63, 3.8) is 0 Å². The number of hydrazone groups is 1. The van der Waals surface area contributed by atoms with E-state index < -0.39 is 11.2 Å². The molecule has 0 spiro atoms. The third-order valence-electron chi connectivity index (χ3n) is 5.45. The molecule has 1 amide bonds. The van der Waals surface area contributed by atoms with Gasteiger partial charge in [0.1, 0.15) is 5.56 Å². The van der Waals surface area contributed by atoms with Crippen molar-refractivity contribution in [2.45, 2.75) is 57.5 Å². The number of aromatic amines is 1. The molecule has 2 aliphatic rings. The minimum Gasteiger partial charge on any atom is -0.494 e. The topological polar surface area (TPSA) is 108 Å². The Bertz CT molecular complexity index is 1030. The van der Waals surface area contributed by atoms with Gasteiger partial charge in [-0.2, -0.15) is 5.10 Å². The van der Waals surface area contributed by atoms with Crippen LogP contribution < -0.4 is 11.2 Å². The van der Waals surface area contributed by atoms with Crippen molar-refractivity contribution in [1.29, 1.82) is 0 Å². The molecule has 1 aliphatic carbocycles. The van der Waals surface area contributed by atoms with E-state index >= 15 is 0 Å². The molecule has 2 N–H and O–H groups in total. The number of carbonyl (C=O) groups is 1. The van der Waals surface area contributed by atoms with Gasteiger partial charge in [0.15, 0.2) is 0 Å². The van der Waals surface area contributed by atoms with Crippen LogP contribution in [0, 0.1) is 0 Å². The molecule has 4 rings (SSSR count). The lowest BCUT2D eigenvalue weighted by Gasteiger charge is -2.25. The number of amides is 1. The first-order chi connectivity index (χ1) is 13.5. The molecule has 9 heteroatoms. The van der Waals surface area contributed by atoms with Crippen molar-refractivity contribution in [2.75, 3.05) is 0 Å². The van der Waals surface area contributed by atoms with Crippen molar-refractivity contribution >= 4 is 23.0 Å². The monoisotopic (exact) mass is 402 g/mol. The molecule has 1 atom stereocenters. The van der Waals surface area contributed by atoms with Crippen LogP contribution in [-0.4, -0.2) is 31.3 Å². The molecule has 1 unspecified atom stereocenters. The minimum absolute atomic E-state index is 0.0181. The molecule has 0 bridgehead atoms. The lowest BCUT2D eigenvalue weighted by atomic mass is 9.95. The van der Waals surface area contributed by atoms with E-state index in [0.29, 0.717) is 12.1 Å². The highest BCUT2D eigenvalue weighted by Gasteiger charge is 2.35. The lowest BCUT2D eigenvalue weighted by molar-refractivity contribution is -0.130. The Balaban J connectivity index is 1.78. The summed E-state index contributed by atoms with van der Waals surface area (Å²) in [6.07, 6.45) is 4.92. The third kappa shape index (κ3) is 3.19. The van der Waals surface area contributed by atoms with Crippen LogP contribution in [0.15, 0.2) is 32.2 Å². The number of H-pyrrole nitrogens is 1. The number of nitrogens with one attached hydrogen (secondary N) is 1. The van der Waals surface area contributed by atoms with E-state index in [9.17, 15) is 19.5 Å². The van der Waals surface area contributed by atoms with Crippen LogP contribution in [0.5, 0.6) is 5.88 Å². The van der Waals surface area contributed by atoms with Gasteiger partial charge >= 0.3 is 5.69 Å². The summed E-state index contributed by atoms with van der Waals surface area (Å²) in [6, 6.07) is 3.35. The second kappa shape index (κ2) is 7.38. The van der Waals surface area contributed by atoms with Crippen LogP contribution in [0.1, 0.15) is 68.0 Å². The van der Waals surface area contributed by atoms with Crippen molar-refractivity contribution < 1.29 is 9.90 Å². The van der Waals surface area contributed by atoms with Crippen LogP contribution >= 0.6 is 11.3 Å². The van der Waals surface area contributed by atoms with Crippen LogP contribution in [0.2, 0.25) is 0 Å². The van der Waals surface area contributed by atoms with Crippen molar-refractivity contribution in [3.8, 4) is 5.88 Å². The average molecular weight is 402 g/mol. The molecule has 3 heterocycles. The van der Waals surface area contributed by atoms with E-state index in [1.54, 1.807) is 0 Å². The second-order valence-corrected chi connectivity index (χ2v) is 8.24. The highest BCUT2D eigenvalue weighted by molar-refractivity contribution is 7.10. The zero-order chi connectivity index (χ0) is 19.8. The molecule has 0 saturated heterocycles. The summed E-state index contributed by atoms with van der Waals surface area (Å²) in [6.45, 7) is 1.42. The standard InChI is InChI=1S/C19H22N4O4S/c1-11(24)23-14(15-8-5-9-28-15)10-13(21-23)16-17(25)20-19(27)22(18(16)26)12-6-3-2-4-7-12/h5,8-9,12,14,26H,2-4,6-7,10H2,1H3,(H,20,25,27). The Kier molecular flexibility index (Phi) is 4.92. The van der Waals surface area contributed by atoms with E-state index in [1.807, 2.05) is 17.5 Å². The fourth-order valence-corrected chi connectivity index (χ4v) is 4.94. The number of aromatic hydroxyl groups is 1. The molecule has 1 aliphatic heterocycles. The number of hydrogen-bond acceptors (Lipinski definition) is 6. The molecule has 2 aromatic rings. The number of aromatic nitrogens is 2. The Morgan fingerprint density at radius 2 is 2.04 bits per heavy atom. The first-order valence-corrected chi connectivity index (χ1v) is 10.3. The Hall–Kier alpha value is -2.68.